The molecule has 0 unspecified atom stereocenters. The highest BCUT2D eigenvalue weighted by atomic mass is 35.5. The summed E-state index contributed by atoms with van der Waals surface area (Å²) in [6.45, 7) is 2.95. The maximum atomic E-state index is 6.15. The van der Waals surface area contributed by atoms with Crippen molar-refractivity contribution >= 4 is 29.1 Å². The molecular weight excluding hydrogens is 242 g/mol. The number of nitrogens with two attached hydrogens (primary N) is 2. The summed E-state index contributed by atoms with van der Waals surface area (Å²) in [5, 5.41) is 0.536. The third-order valence-corrected chi connectivity index (χ3v) is 2.65. The summed E-state index contributed by atoms with van der Waals surface area (Å²) in [7, 11) is 0. The minimum Gasteiger partial charge on any atom is -0.378 e. The largest absolute Gasteiger partial charge is 0.378 e. The Morgan fingerprint density at radius 3 is 2.71 bits per heavy atom. The van der Waals surface area contributed by atoms with E-state index in [0.29, 0.717) is 23.9 Å². The predicted molar refractivity (Wildman–Crippen MR) is 67.7 cm³/mol. The number of hydrogen-bond acceptors (Lipinski definition) is 4. The second-order valence-corrected chi connectivity index (χ2v) is 4.04. The fourth-order valence-corrected chi connectivity index (χ4v) is 1.92. The second kappa shape index (κ2) is 5.20. The summed E-state index contributed by atoms with van der Waals surface area (Å²) >= 11 is 6.15. The van der Waals surface area contributed by atoms with Crippen LogP contribution in [0.2, 0.25) is 5.02 Å². The maximum Gasteiger partial charge on any atom is 0.191 e. The highest BCUT2D eigenvalue weighted by Crippen LogP contribution is 2.27. The summed E-state index contributed by atoms with van der Waals surface area (Å²) in [5.74, 6) is 0.728. The molecule has 0 saturated carbocycles. The Kier molecular flexibility index (Phi) is 3.65. The van der Waals surface area contributed by atoms with Crippen molar-refractivity contribution in [3.05, 3.63) is 17.3 Å². The molecular formula is C10H14ClN5O. The number of anilines is 1. The molecule has 1 fully saturated rings. The van der Waals surface area contributed by atoms with Crippen LogP contribution in [0.3, 0.4) is 0 Å². The minimum absolute atomic E-state index is 0.0120. The highest BCUT2D eigenvalue weighted by molar-refractivity contribution is 6.33. The molecule has 0 amide bonds. The Hall–Kier alpha value is -1.53. The molecule has 1 aliphatic heterocycles. The monoisotopic (exact) mass is 255 g/mol. The van der Waals surface area contributed by atoms with E-state index in [1.807, 2.05) is 0 Å². The lowest BCUT2D eigenvalue weighted by Crippen LogP contribution is -2.36. The summed E-state index contributed by atoms with van der Waals surface area (Å²) in [6.07, 6.45) is 1.59. The van der Waals surface area contributed by atoms with Gasteiger partial charge in [-0.05, 0) is 6.07 Å². The molecule has 0 spiro atoms. The van der Waals surface area contributed by atoms with Crippen LogP contribution in [0.25, 0.3) is 0 Å². The van der Waals surface area contributed by atoms with E-state index in [1.54, 1.807) is 12.3 Å². The SMILES string of the molecule is NC(N)=Nc1cnc(N2CCOCC2)c(Cl)c1. The third kappa shape index (κ3) is 2.98. The minimum atomic E-state index is -0.0120. The molecule has 1 aromatic heterocycles. The van der Waals surface area contributed by atoms with E-state index in [9.17, 15) is 0 Å². The molecule has 0 aromatic carbocycles. The molecule has 4 N–H and O–H groups in total. The van der Waals surface area contributed by atoms with Crippen LogP contribution >= 0.6 is 11.6 Å². The zero-order valence-corrected chi connectivity index (χ0v) is 10.0. The number of ether oxygens (including phenoxy) is 1. The maximum absolute atomic E-state index is 6.15. The van der Waals surface area contributed by atoms with Gasteiger partial charge in [-0.15, -0.1) is 0 Å². The molecule has 0 radical (unpaired) electrons. The number of hydrogen-bond donors (Lipinski definition) is 2. The molecule has 1 saturated heterocycles. The zero-order chi connectivity index (χ0) is 12.3. The van der Waals surface area contributed by atoms with Crippen molar-refractivity contribution in [2.24, 2.45) is 16.5 Å². The predicted octanol–water partition coefficient (Wildman–Crippen LogP) is 0.476. The van der Waals surface area contributed by atoms with Gasteiger partial charge in [-0.3, -0.25) is 0 Å². The van der Waals surface area contributed by atoms with Crippen LogP contribution in [0.4, 0.5) is 11.5 Å². The molecule has 1 aromatic rings. The first-order chi connectivity index (χ1) is 8.16. The number of nitrogens with zero attached hydrogens (tertiary/aromatic N) is 3. The Morgan fingerprint density at radius 2 is 2.12 bits per heavy atom. The van der Waals surface area contributed by atoms with Crippen LogP contribution in [-0.4, -0.2) is 37.2 Å². The standard InChI is InChI=1S/C10H14ClN5O/c11-8-5-7(15-10(12)13)6-14-9(8)16-1-3-17-4-2-16/h5-6H,1-4H2,(H4,12,13,15). The fourth-order valence-electron chi connectivity index (χ4n) is 1.64. The van der Waals surface area contributed by atoms with Crippen LogP contribution in [0.1, 0.15) is 0 Å². The topological polar surface area (TPSA) is 89.8 Å². The first-order valence-corrected chi connectivity index (χ1v) is 5.62. The molecule has 0 bridgehead atoms. The number of aliphatic imine (C=N–C) groups is 1. The highest BCUT2D eigenvalue weighted by Gasteiger charge is 2.15. The molecule has 1 aliphatic rings. The Bertz CT molecular complexity index is 427. The number of guanidine groups is 1. The van der Waals surface area contributed by atoms with Gasteiger partial charge in [0.1, 0.15) is 5.82 Å². The normalized spacial score (nSPS) is 15.7. The van der Waals surface area contributed by atoms with Gasteiger partial charge in [0.15, 0.2) is 5.96 Å². The van der Waals surface area contributed by atoms with Gasteiger partial charge in [0.05, 0.1) is 30.1 Å². The Balaban J connectivity index is 2.21. The van der Waals surface area contributed by atoms with Crippen molar-refractivity contribution in [1.82, 2.24) is 4.98 Å². The average Bonchev–Trinajstić information content (AvgIpc) is 2.29. The van der Waals surface area contributed by atoms with Gasteiger partial charge in [0.25, 0.3) is 0 Å². The van der Waals surface area contributed by atoms with E-state index in [2.05, 4.69) is 14.9 Å². The molecule has 7 heteroatoms. The fraction of sp³-hybridized carbons (Fsp3) is 0.400. The number of halogens is 1. The van der Waals surface area contributed by atoms with Crippen molar-refractivity contribution < 1.29 is 4.74 Å². The molecule has 6 nitrogen and oxygen atoms in total. The molecule has 17 heavy (non-hydrogen) atoms. The molecule has 2 heterocycles. The quantitative estimate of drug-likeness (QED) is 0.593. The van der Waals surface area contributed by atoms with Crippen molar-refractivity contribution in [2.75, 3.05) is 31.2 Å². The molecule has 92 valence electrons. The molecule has 0 atom stereocenters. The lowest BCUT2D eigenvalue weighted by atomic mass is 10.3. The molecule has 0 aliphatic carbocycles. The van der Waals surface area contributed by atoms with Crippen LogP contribution in [0.15, 0.2) is 17.3 Å². The van der Waals surface area contributed by atoms with Gasteiger partial charge in [-0.1, -0.05) is 11.6 Å². The van der Waals surface area contributed by atoms with E-state index < -0.39 is 0 Å². The van der Waals surface area contributed by atoms with Gasteiger partial charge in [-0.2, -0.15) is 0 Å². The van der Waals surface area contributed by atoms with Crippen molar-refractivity contribution in [3.8, 4) is 0 Å². The van der Waals surface area contributed by atoms with Gasteiger partial charge in [0.2, 0.25) is 0 Å². The van der Waals surface area contributed by atoms with Gasteiger partial charge in [-0.25, -0.2) is 9.98 Å². The lowest BCUT2D eigenvalue weighted by molar-refractivity contribution is 0.122. The second-order valence-electron chi connectivity index (χ2n) is 3.64. The van der Waals surface area contributed by atoms with Crippen LogP contribution < -0.4 is 16.4 Å². The van der Waals surface area contributed by atoms with E-state index in [-0.39, 0.29) is 5.96 Å². The van der Waals surface area contributed by atoms with Gasteiger partial charge in [0, 0.05) is 13.1 Å². The summed E-state index contributed by atoms with van der Waals surface area (Å²) in [4.78, 5) is 10.2. The molecule has 2 rings (SSSR count). The van der Waals surface area contributed by atoms with Crippen molar-refractivity contribution in [3.63, 3.8) is 0 Å². The Morgan fingerprint density at radius 1 is 1.41 bits per heavy atom. The first-order valence-electron chi connectivity index (χ1n) is 5.24. The number of aromatic nitrogens is 1. The van der Waals surface area contributed by atoms with Gasteiger partial charge < -0.3 is 21.1 Å². The lowest BCUT2D eigenvalue weighted by Gasteiger charge is -2.28. The Labute approximate surface area is 104 Å². The smallest absolute Gasteiger partial charge is 0.191 e. The van der Waals surface area contributed by atoms with Crippen molar-refractivity contribution in [1.29, 1.82) is 0 Å². The van der Waals surface area contributed by atoms with Crippen molar-refractivity contribution in [2.45, 2.75) is 0 Å². The van der Waals surface area contributed by atoms with Gasteiger partial charge >= 0.3 is 0 Å². The number of morpholine rings is 1. The summed E-state index contributed by atoms with van der Waals surface area (Å²) < 4.78 is 5.27. The van der Waals surface area contributed by atoms with E-state index >= 15 is 0 Å². The zero-order valence-electron chi connectivity index (χ0n) is 9.27. The average molecular weight is 256 g/mol. The van der Waals surface area contributed by atoms with E-state index in [1.165, 1.54) is 0 Å². The van der Waals surface area contributed by atoms with E-state index in [0.717, 1.165) is 18.9 Å². The number of rotatable bonds is 2. The first kappa shape index (κ1) is 11.9. The summed E-state index contributed by atoms with van der Waals surface area (Å²) in [5.41, 5.74) is 11.1. The van der Waals surface area contributed by atoms with Crippen LogP contribution in [0, 0.1) is 0 Å². The van der Waals surface area contributed by atoms with Crippen LogP contribution in [-0.2, 0) is 4.74 Å². The third-order valence-electron chi connectivity index (χ3n) is 2.38. The number of pyridine rings is 1. The summed E-state index contributed by atoms with van der Waals surface area (Å²) in [6, 6.07) is 1.69. The van der Waals surface area contributed by atoms with E-state index in [4.69, 9.17) is 27.8 Å². The van der Waals surface area contributed by atoms with Crippen LogP contribution in [0.5, 0.6) is 0 Å².